The van der Waals surface area contributed by atoms with Crippen molar-refractivity contribution >= 4 is 35.0 Å². The van der Waals surface area contributed by atoms with Gasteiger partial charge < -0.3 is 34.6 Å². The first kappa shape index (κ1) is 29.2. The minimum Gasteiger partial charge on any atom is -0.497 e. The lowest BCUT2D eigenvalue weighted by Crippen LogP contribution is -2.31. The van der Waals surface area contributed by atoms with Crippen molar-refractivity contribution in [2.45, 2.75) is 19.8 Å². The summed E-state index contributed by atoms with van der Waals surface area (Å²) in [5, 5.41) is 19.6. The lowest BCUT2D eigenvalue weighted by molar-refractivity contribution is -0.114. The third-order valence-electron chi connectivity index (χ3n) is 6.18. The number of carbonyl (C=O) groups excluding carboxylic acids is 2. The first-order valence-corrected chi connectivity index (χ1v) is 13.7. The number of anilines is 2. The molecule has 0 radical (unpaired) electrons. The van der Waals surface area contributed by atoms with Crippen LogP contribution < -0.4 is 30.2 Å². The monoisotopic (exact) mass is 574 g/mol. The van der Waals surface area contributed by atoms with E-state index < -0.39 is 11.8 Å². The van der Waals surface area contributed by atoms with Crippen molar-refractivity contribution in [1.82, 2.24) is 5.32 Å². The van der Waals surface area contributed by atoms with Crippen molar-refractivity contribution in [2.75, 3.05) is 37.2 Å². The zero-order valence-electron chi connectivity index (χ0n) is 23.1. The molecule has 3 aromatic rings. The molecule has 10 nitrogen and oxygen atoms in total. The van der Waals surface area contributed by atoms with Crippen LogP contribution in [0.5, 0.6) is 17.2 Å². The highest BCUT2D eigenvalue weighted by Gasteiger charge is 2.37. The van der Waals surface area contributed by atoms with Crippen LogP contribution in [-0.2, 0) is 9.59 Å². The molecule has 1 aliphatic heterocycles. The Morgan fingerprint density at radius 1 is 1.05 bits per heavy atom. The molecule has 3 N–H and O–H groups in total. The molecule has 212 valence electrons. The number of nitrogens with one attached hydrogen (secondary N) is 3. The van der Waals surface area contributed by atoms with Crippen LogP contribution in [0.4, 0.5) is 11.4 Å². The van der Waals surface area contributed by atoms with Gasteiger partial charge in [0.1, 0.15) is 23.0 Å². The molecule has 1 aliphatic rings. The van der Waals surface area contributed by atoms with Gasteiger partial charge in [-0.25, -0.2) is 0 Å². The maximum Gasteiger partial charge on any atom is 0.254 e. The molecule has 0 fully saturated rings. The summed E-state index contributed by atoms with van der Waals surface area (Å²) in [4.78, 5) is 26.6. The number of methoxy groups -OCH3 is 2. The molecule has 0 saturated heterocycles. The Balaban J connectivity index is 1.59. The zero-order chi connectivity index (χ0) is 29.4. The minimum absolute atomic E-state index is 0.00860. The maximum atomic E-state index is 13.7. The maximum absolute atomic E-state index is 13.7. The van der Waals surface area contributed by atoms with E-state index in [-0.39, 0.29) is 17.2 Å². The van der Waals surface area contributed by atoms with Crippen molar-refractivity contribution < 1.29 is 28.2 Å². The van der Waals surface area contributed by atoms with E-state index in [9.17, 15) is 14.9 Å². The smallest absolute Gasteiger partial charge is 0.254 e. The quantitative estimate of drug-likeness (QED) is 0.275. The summed E-state index contributed by atoms with van der Waals surface area (Å²) in [5.74, 6) is 0.434. The number of furan rings is 1. The first-order chi connectivity index (χ1) is 19.9. The Morgan fingerprint density at radius 3 is 2.54 bits per heavy atom. The molecular weight excluding hydrogens is 544 g/mol. The molecule has 11 heteroatoms. The molecular formula is C30H30N4O6S. The van der Waals surface area contributed by atoms with Crippen LogP contribution in [0.1, 0.15) is 25.5 Å². The van der Waals surface area contributed by atoms with Crippen molar-refractivity contribution in [3.05, 3.63) is 88.5 Å². The number of hydrogen-bond donors (Lipinski definition) is 3. The zero-order valence-corrected chi connectivity index (χ0v) is 23.9. The van der Waals surface area contributed by atoms with Gasteiger partial charge in [0.05, 0.1) is 72.4 Å². The third-order valence-corrected chi connectivity index (χ3v) is 7.20. The number of hydrogen-bond acceptors (Lipinski definition) is 9. The van der Waals surface area contributed by atoms with Gasteiger partial charge >= 0.3 is 0 Å². The van der Waals surface area contributed by atoms with Gasteiger partial charge in [0.25, 0.3) is 5.91 Å². The van der Waals surface area contributed by atoms with Crippen LogP contribution >= 0.6 is 11.8 Å². The van der Waals surface area contributed by atoms with Gasteiger partial charge in [-0.15, -0.1) is 0 Å². The number of rotatable bonds is 11. The summed E-state index contributed by atoms with van der Waals surface area (Å²) in [7, 11) is 3.03. The number of amides is 2. The fourth-order valence-electron chi connectivity index (χ4n) is 4.34. The van der Waals surface area contributed by atoms with Crippen LogP contribution in [0.15, 0.2) is 87.1 Å². The van der Waals surface area contributed by atoms with Gasteiger partial charge in [0, 0.05) is 11.8 Å². The molecule has 2 amide bonds. The molecule has 0 aliphatic carbocycles. The van der Waals surface area contributed by atoms with E-state index in [0.29, 0.717) is 57.3 Å². The van der Waals surface area contributed by atoms with E-state index >= 15 is 0 Å². The van der Waals surface area contributed by atoms with E-state index in [4.69, 9.17) is 18.6 Å². The number of nitrogens with zero attached hydrogens (tertiary/aromatic N) is 1. The Labute approximate surface area is 242 Å². The standard InChI is InChI=1S/C30H30N4O6S/c1-5-39-24-10-7-6-9-21(24)33-26(35)17-41-30-20(16-31)28(25-11-8-14-40-25)27(18(2)32-30)29(36)34-22-15-19(37-3)12-13-23(22)38-4/h6-15,28,32H,5,17H2,1-4H3,(H,33,35)(H,34,36)/t28-/m1/s1. The van der Waals surface area contributed by atoms with Crippen LogP contribution in [0.2, 0.25) is 0 Å². The summed E-state index contributed by atoms with van der Waals surface area (Å²) < 4.78 is 22.0. The fraction of sp³-hybridized carbons (Fsp3) is 0.233. The van der Waals surface area contributed by atoms with Gasteiger partial charge in [-0.3, -0.25) is 9.59 Å². The average Bonchev–Trinajstić information content (AvgIpc) is 3.51. The van der Waals surface area contributed by atoms with E-state index in [1.807, 2.05) is 13.0 Å². The average molecular weight is 575 g/mol. The number of dihydropyridines is 1. The molecule has 2 aromatic carbocycles. The van der Waals surface area contributed by atoms with Crippen LogP contribution in [0.3, 0.4) is 0 Å². The Kier molecular flexibility index (Phi) is 9.60. The lowest BCUT2D eigenvalue weighted by Gasteiger charge is -2.28. The molecule has 4 rings (SSSR count). The van der Waals surface area contributed by atoms with Gasteiger partial charge in [0.2, 0.25) is 5.91 Å². The van der Waals surface area contributed by atoms with Gasteiger partial charge in [-0.05, 0) is 50.2 Å². The molecule has 0 bridgehead atoms. The summed E-state index contributed by atoms with van der Waals surface area (Å²) in [6.07, 6.45) is 1.48. The Bertz CT molecular complexity index is 1520. The normalized spacial score (nSPS) is 14.6. The van der Waals surface area contributed by atoms with Crippen molar-refractivity contribution in [2.24, 2.45) is 0 Å². The van der Waals surface area contributed by atoms with E-state index in [1.165, 1.54) is 20.5 Å². The summed E-state index contributed by atoms with van der Waals surface area (Å²) in [5.41, 5.74) is 2.01. The predicted octanol–water partition coefficient (Wildman–Crippen LogP) is 5.40. The summed E-state index contributed by atoms with van der Waals surface area (Å²) in [6.45, 7) is 4.07. The van der Waals surface area contributed by atoms with Gasteiger partial charge in [-0.2, -0.15) is 5.26 Å². The third kappa shape index (κ3) is 6.67. The van der Waals surface area contributed by atoms with E-state index in [2.05, 4.69) is 22.0 Å². The Morgan fingerprint density at radius 2 is 1.85 bits per heavy atom. The largest absolute Gasteiger partial charge is 0.497 e. The van der Waals surface area contributed by atoms with E-state index in [1.54, 1.807) is 55.5 Å². The fourth-order valence-corrected chi connectivity index (χ4v) is 5.24. The highest BCUT2D eigenvalue weighted by Crippen LogP contribution is 2.41. The second-order valence-electron chi connectivity index (χ2n) is 8.75. The number of allylic oxidation sites excluding steroid dienone is 2. The van der Waals surface area contributed by atoms with Crippen molar-refractivity contribution in [3.63, 3.8) is 0 Å². The summed E-state index contributed by atoms with van der Waals surface area (Å²) >= 11 is 1.16. The number of nitriles is 1. The number of ether oxygens (including phenoxy) is 3. The highest BCUT2D eigenvalue weighted by molar-refractivity contribution is 8.03. The van der Waals surface area contributed by atoms with Crippen LogP contribution in [0, 0.1) is 11.3 Å². The topological polar surface area (TPSA) is 135 Å². The minimum atomic E-state index is -0.808. The second kappa shape index (κ2) is 13.5. The van der Waals surface area contributed by atoms with Crippen LogP contribution in [-0.4, -0.2) is 38.4 Å². The lowest BCUT2D eigenvalue weighted by atomic mass is 9.85. The van der Waals surface area contributed by atoms with E-state index in [0.717, 1.165) is 11.8 Å². The molecule has 2 heterocycles. The van der Waals surface area contributed by atoms with Crippen molar-refractivity contribution in [1.29, 1.82) is 5.26 Å². The van der Waals surface area contributed by atoms with Gasteiger partial charge in [-0.1, -0.05) is 23.9 Å². The number of thioether (sulfide) groups is 1. The number of para-hydroxylation sites is 2. The molecule has 0 saturated carbocycles. The highest BCUT2D eigenvalue weighted by atomic mass is 32.2. The molecule has 41 heavy (non-hydrogen) atoms. The van der Waals surface area contributed by atoms with Crippen LogP contribution in [0.25, 0.3) is 0 Å². The van der Waals surface area contributed by atoms with Crippen molar-refractivity contribution in [3.8, 4) is 23.3 Å². The van der Waals surface area contributed by atoms with Gasteiger partial charge in [0.15, 0.2) is 0 Å². The number of carbonyl (C=O) groups is 2. The SMILES string of the molecule is CCOc1ccccc1NC(=O)CSC1=C(C#N)[C@H](c2ccco2)C(C(=O)Nc2cc(OC)ccc2OC)=C(C)N1. The first-order valence-electron chi connectivity index (χ1n) is 12.7. The number of benzene rings is 2. The predicted molar refractivity (Wildman–Crippen MR) is 157 cm³/mol. The molecule has 1 aromatic heterocycles. The molecule has 0 unspecified atom stereocenters. The molecule has 0 spiro atoms. The summed E-state index contributed by atoms with van der Waals surface area (Å²) in [6, 6.07) is 17.9. The molecule has 1 atom stereocenters. The second-order valence-corrected chi connectivity index (χ2v) is 9.74. The Hall–Kier alpha value is -4.82.